The number of carbonyl (C=O) groups excluding carboxylic acids is 2. The average molecular weight is 376 g/mol. The molecule has 0 radical (unpaired) electrons. The molecule has 26 heavy (non-hydrogen) atoms. The van der Waals surface area contributed by atoms with Crippen LogP contribution in [0.3, 0.4) is 0 Å². The molecule has 1 aliphatic carbocycles. The molecule has 0 aliphatic heterocycles. The average Bonchev–Trinajstić information content (AvgIpc) is 2.59. The molecule has 0 unspecified atom stereocenters. The summed E-state index contributed by atoms with van der Waals surface area (Å²) in [4.78, 5) is 23.5. The van der Waals surface area contributed by atoms with Crippen LogP contribution in [0.5, 0.6) is 0 Å². The summed E-state index contributed by atoms with van der Waals surface area (Å²) in [5, 5.41) is 12.2. The van der Waals surface area contributed by atoms with Crippen molar-refractivity contribution in [1.82, 2.24) is 10.6 Å². The van der Waals surface area contributed by atoms with Crippen LogP contribution in [0.1, 0.15) is 33.1 Å². The van der Waals surface area contributed by atoms with Gasteiger partial charge in [-0.25, -0.2) is 4.79 Å². The molecule has 1 rings (SSSR count). The first-order valence-electron chi connectivity index (χ1n) is 8.36. The maximum absolute atomic E-state index is 12.7. The van der Waals surface area contributed by atoms with Crippen LogP contribution in [-0.4, -0.2) is 55.7 Å². The van der Waals surface area contributed by atoms with Crippen LogP contribution < -0.4 is 16.4 Å². The first-order chi connectivity index (χ1) is 12.2. The summed E-state index contributed by atoms with van der Waals surface area (Å²) in [5.41, 5.74) is 5.62. The number of alkyl halides is 2. The summed E-state index contributed by atoms with van der Waals surface area (Å²) in [5.74, 6) is -2.48. The zero-order valence-corrected chi connectivity index (χ0v) is 15.1. The normalized spacial score (nSPS) is 22.7. The summed E-state index contributed by atoms with van der Waals surface area (Å²) in [6.07, 6.45) is -1.43. The highest BCUT2D eigenvalue weighted by Crippen LogP contribution is 2.25. The second-order valence-electron chi connectivity index (χ2n) is 5.93. The Kier molecular flexibility index (Phi) is 8.43. The summed E-state index contributed by atoms with van der Waals surface area (Å²) in [6.45, 7) is 3.81. The third kappa shape index (κ3) is 5.94. The second kappa shape index (κ2) is 10.0. The van der Waals surface area contributed by atoms with Gasteiger partial charge >= 0.3 is 12.4 Å². The number of halogens is 2. The molecule has 10 heteroatoms. The van der Waals surface area contributed by atoms with Crippen molar-refractivity contribution in [2.75, 3.05) is 7.11 Å². The quantitative estimate of drug-likeness (QED) is 0.280. The summed E-state index contributed by atoms with van der Waals surface area (Å²) in [6, 6.07) is -1.72. The van der Waals surface area contributed by atoms with Crippen molar-refractivity contribution in [3.8, 4) is 0 Å². The molecule has 1 amide bonds. The van der Waals surface area contributed by atoms with Gasteiger partial charge in [-0.3, -0.25) is 10.2 Å². The van der Waals surface area contributed by atoms with Gasteiger partial charge in [0.25, 0.3) is 5.91 Å². The zero-order chi connectivity index (χ0) is 19.9. The summed E-state index contributed by atoms with van der Waals surface area (Å²) in [7, 11) is 1.22. The Morgan fingerprint density at radius 1 is 1.35 bits per heavy atom. The molecule has 3 atom stereocenters. The maximum Gasteiger partial charge on any atom is 0.333 e. The van der Waals surface area contributed by atoms with Gasteiger partial charge in [0.05, 0.1) is 31.4 Å². The van der Waals surface area contributed by atoms with Crippen LogP contribution >= 0.6 is 0 Å². The van der Waals surface area contributed by atoms with E-state index in [1.165, 1.54) is 13.2 Å². The Morgan fingerprint density at radius 2 is 1.96 bits per heavy atom. The molecule has 8 nitrogen and oxygen atoms in total. The number of nitrogens with two attached hydrogens (primary N) is 1. The Bertz CT molecular complexity index is 552. The van der Waals surface area contributed by atoms with E-state index in [1.807, 2.05) is 13.8 Å². The molecule has 0 saturated heterocycles. The molecule has 0 bridgehead atoms. The maximum atomic E-state index is 12.7. The number of carbonyl (C=O) groups is 2. The van der Waals surface area contributed by atoms with Crippen molar-refractivity contribution in [2.45, 2.75) is 63.8 Å². The third-order valence-corrected chi connectivity index (χ3v) is 4.15. The molecule has 5 N–H and O–H groups in total. The number of ether oxygens (including phenoxy) is 2. The second-order valence-corrected chi connectivity index (χ2v) is 5.93. The molecule has 0 aromatic heterocycles. The van der Waals surface area contributed by atoms with Gasteiger partial charge < -0.3 is 25.8 Å². The van der Waals surface area contributed by atoms with Gasteiger partial charge in [0, 0.05) is 12.0 Å². The van der Waals surface area contributed by atoms with Crippen molar-refractivity contribution >= 4 is 17.8 Å². The van der Waals surface area contributed by atoms with E-state index in [2.05, 4.69) is 10.6 Å². The lowest BCUT2D eigenvalue weighted by atomic mass is 9.87. The number of hydrogen-bond acceptors (Lipinski definition) is 5. The predicted octanol–water partition coefficient (Wildman–Crippen LogP) is 0.665. The number of methoxy groups -OCH3 is 1. The van der Waals surface area contributed by atoms with Crippen LogP contribution in [0, 0.1) is 5.41 Å². The standard InChI is InChI=1S/C16H26F2N4O4/c1-4-9(5-2)26-11-7-8(15(24)25-3)6-10(21-16(19)20)12(11)22-14(23)13(17)18/h7,9-13H,4-6H2,1-3H3,(H,22,23)(H4,19,20,21)/t10-,11+,12+/m0/s1. The van der Waals surface area contributed by atoms with E-state index in [0.717, 1.165) is 0 Å². The SMILES string of the molecule is CCC(CC)O[C@@H]1C=C(C(=O)OC)C[C@H](NC(=N)N)[C@H]1NC(=O)C(F)F. The smallest absolute Gasteiger partial charge is 0.333 e. The van der Waals surface area contributed by atoms with Gasteiger partial charge in [0.15, 0.2) is 5.96 Å². The number of guanidine groups is 1. The Balaban J connectivity index is 3.22. The lowest BCUT2D eigenvalue weighted by Gasteiger charge is -2.38. The molecule has 0 heterocycles. The molecule has 0 aromatic rings. The van der Waals surface area contributed by atoms with E-state index in [1.54, 1.807) is 0 Å². The fourth-order valence-electron chi connectivity index (χ4n) is 2.82. The van der Waals surface area contributed by atoms with E-state index in [9.17, 15) is 18.4 Å². The lowest BCUT2D eigenvalue weighted by Crippen LogP contribution is -2.61. The zero-order valence-electron chi connectivity index (χ0n) is 15.1. The highest BCUT2D eigenvalue weighted by atomic mass is 19.3. The number of hydrogen-bond donors (Lipinski definition) is 4. The van der Waals surface area contributed by atoms with E-state index in [4.69, 9.17) is 20.6 Å². The van der Waals surface area contributed by atoms with Crippen LogP contribution in [-0.2, 0) is 19.1 Å². The van der Waals surface area contributed by atoms with Crippen molar-refractivity contribution < 1.29 is 27.8 Å². The van der Waals surface area contributed by atoms with E-state index in [0.29, 0.717) is 12.8 Å². The Hall–Kier alpha value is -2.23. The fourth-order valence-corrected chi connectivity index (χ4v) is 2.82. The summed E-state index contributed by atoms with van der Waals surface area (Å²) >= 11 is 0. The van der Waals surface area contributed by atoms with Crippen LogP contribution in [0.25, 0.3) is 0 Å². The van der Waals surface area contributed by atoms with Crippen LogP contribution in [0.15, 0.2) is 11.6 Å². The molecule has 0 fully saturated rings. The van der Waals surface area contributed by atoms with E-state index >= 15 is 0 Å². The van der Waals surface area contributed by atoms with Crippen LogP contribution in [0.4, 0.5) is 8.78 Å². The molecule has 0 aromatic carbocycles. The van der Waals surface area contributed by atoms with Gasteiger partial charge in [-0.05, 0) is 18.9 Å². The highest BCUT2D eigenvalue weighted by Gasteiger charge is 2.39. The van der Waals surface area contributed by atoms with Gasteiger partial charge in [-0.1, -0.05) is 13.8 Å². The molecular weight excluding hydrogens is 350 g/mol. The number of rotatable bonds is 8. The molecule has 148 valence electrons. The van der Waals surface area contributed by atoms with Crippen molar-refractivity contribution in [3.05, 3.63) is 11.6 Å². The first kappa shape index (κ1) is 21.8. The predicted molar refractivity (Wildman–Crippen MR) is 90.7 cm³/mol. The third-order valence-electron chi connectivity index (χ3n) is 4.15. The number of nitrogens with one attached hydrogen (secondary N) is 3. The number of amides is 1. The summed E-state index contributed by atoms with van der Waals surface area (Å²) < 4.78 is 36.1. The minimum Gasteiger partial charge on any atom is -0.466 e. The minimum absolute atomic E-state index is 0.0310. The van der Waals surface area contributed by atoms with Gasteiger partial charge in [0.2, 0.25) is 0 Å². The molecular formula is C16H26F2N4O4. The minimum atomic E-state index is -3.20. The molecule has 0 saturated carbocycles. The molecule has 1 aliphatic rings. The largest absolute Gasteiger partial charge is 0.466 e. The molecule has 0 spiro atoms. The van der Waals surface area contributed by atoms with Crippen molar-refractivity contribution in [3.63, 3.8) is 0 Å². The van der Waals surface area contributed by atoms with Crippen molar-refractivity contribution in [1.29, 1.82) is 5.41 Å². The topological polar surface area (TPSA) is 127 Å². The van der Waals surface area contributed by atoms with E-state index in [-0.39, 0.29) is 18.1 Å². The van der Waals surface area contributed by atoms with Crippen LogP contribution in [0.2, 0.25) is 0 Å². The lowest BCUT2D eigenvalue weighted by molar-refractivity contribution is -0.137. The fraction of sp³-hybridized carbons (Fsp3) is 0.688. The Labute approximate surface area is 151 Å². The monoisotopic (exact) mass is 376 g/mol. The Morgan fingerprint density at radius 3 is 2.42 bits per heavy atom. The highest BCUT2D eigenvalue weighted by molar-refractivity contribution is 5.89. The van der Waals surface area contributed by atoms with Gasteiger partial charge in [-0.2, -0.15) is 8.78 Å². The van der Waals surface area contributed by atoms with E-state index < -0.39 is 42.4 Å². The van der Waals surface area contributed by atoms with Gasteiger partial charge in [0.1, 0.15) is 0 Å². The first-order valence-corrected chi connectivity index (χ1v) is 8.36. The van der Waals surface area contributed by atoms with Gasteiger partial charge in [-0.15, -0.1) is 0 Å². The van der Waals surface area contributed by atoms with Crippen molar-refractivity contribution in [2.24, 2.45) is 5.73 Å². The number of esters is 1.